The van der Waals surface area contributed by atoms with E-state index in [-0.39, 0.29) is 12.3 Å². The Balaban J connectivity index is 3.29. The summed E-state index contributed by atoms with van der Waals surface area (Å²) in [6.07, 6.45) is 0. The highest BCUT2D eigenvalue weighted by molar-refractivity contribution is 7.17. The van der Waals surface area contributed by atoms with Crippen molar-refractivity contribution in [3.63, 3.8) is 0 Å². The number of carbonyl (C=O) groups excluding carboxylic acids is 1. The first-order valence-electron chi connectivity index (χ1n) is 6.70. The summed E-state index contributed by atoms with van der Waals surface area (Å²) in [4.78, 5) is 14.5. The van der Waals surface area contributed by atoms with Crippen LogP contribution in [0.4, 0.5) is 10.7 Å². The van der Waals surface area contributed by atoms with Gasteiger partial charge in [0.2, 0.25) is 0 Å². The third-order valence-electron chi connectivity index (χ3n) is 2.76. The number of ether oxygens (including phenoxy) is 1. The van der Waals surface area contributed by atoms with Crippen molar-refractivity contribution in [2.45, 2.75) is 27.7 Å². The summed E-state index contributed by atoms with van der Waals surface area (Å²) in [5, 5.41) is 9.84. The van der Waals surface area contributed by atoms with Crippen LogP contribution >= 0.6 is 11.3 Å². The van der Waals surface area contributed by atoms with Gasteiger partial charge in [0.1, 0.15) is 21.5 Å². The Labute approximate surface area is 123 Å². The Morgan fingerprint density at radius 2 is 2.15 bits per heavy atom. The van der Waals surface area contributed by atoms with E-state index in [0.29, 0.717) is 16.4 Å². The van der Waals surface area contributed by atoms with Crippen LogP contribution in [-0.2, 0) is 4.74 Å². The molecule has 1 heterocycles. The average Bonchev–Trinajstić information content (AvgIpc) is 2.72. The lowest BCUT2D eigenvalue weighted by Crippen LogP contribution is -2.28. The van der Waals surface area contributed by atoms with Gasteiger partial charge in [-0.25, -0.2) is 4.79 Å². The first-order chi connectivity index (χ1) is 9.46. The number of rotatable bonds is 6. The zero-order valence-electron chi connectivity index (χ0n) is 12.4. The van der Waals surface area contributed by atoms with Crippen LogP contribution in [0.1, 0.15) is 42.9 Å². The number of nitrogen functional groups attached to an aromatic ring is 1. The molecule has 110 valence electrons. The van der Waals surface area contributed by atoms with Crippen LogP contribution in [-0.4, -0.2) is 25.7 Å². The van der Waals surface area contributed by atoms with Crippen LogP contribution < -0.4 is 10.6 Å². The van der Waals surface area contributed by atoms with Crippen LogP contribution in [0.25, 0.3) is 0 Å². The van der Waals surface area contributed by atoms with E-state index in [2.05, 4.69) is 18.7 Å². The van der Waals surface area contributed by atoms with Crippen molar-refractivity contribution in [2.24, 2.45) is 5.92 Å². The lowest BCUT2D eigenvalue weighted by atomic mass is 10.2. The quantitative estimate of drug-likeness (QED) is 0.816. The number of nitrogens with two attached hydrogens (primary N) is 1. The molecule has 0 saturated carbocycles. The average molecular weight is 295 g/mol. The van der Waals surface area contributed by atoms with Crippen molar-refractivity contribution in [3.8, 4) is 6.07 Å². The second kappa shape index (κ2) is 7.15. The van der Waals surface area contributed by atoms with Crippen LogP contribution in [0.15, 0.2) is 0 Å². The van der Waals surface area contributed by atoms with E-state index in [1.807, 2.05) is 13.0 Å². The molecule has 6 heteroatoms. The maximum atomic E-state index is 12.1. The van der Waals surface area contributed by atoms with Crippen molar-refractivity contribution >= 4 is 28.0 Å². The predicted molar refractivity (Wildman–Crippen MR) is 82.1 cm³/mol. The van der Waals surface area contributed by atoms with Gasteiger partial charge in [-0.05, 0) is 19.8 Å². The van der Waals surface area contributed by atoms with Gasteiger partial charge in [0.05, 0.1) is 12.3 Å². The summed E-state index contributed by atoms with van der Waals surface area (Å²) in [5.41, 5.74) is 6.49. The third kappa shape index (κ3) is 3.42. The molecule has 0 aromatic carbocycles. The lowest BCUT2D eigenvalue weighted by molar-refractivity contribution is 0.0529. The second-order valence-electron chi connectivity index (χ2n) is 4.79. The molecule has 1 rings (SSSR count). The van der Waals surface area contributed by atoms with Crippen molar-refractivity contribution in [2.75, 3.05) is 30.3 Å². The number of nitriles is 1. The zero-order chi connectivity index (χ0) is 15.3. The van der Waals surface area contributed by atoms with E-state index in [1.54, 1.807) is 6.92 Å². The van der Waals surface area contributed by atoms with Gasteiger partial charge in [-0.3, -0.25) is 0 Å². The number of thiophene rings is 1. The van der Waals surface area contributed by atoms with Crippen molar-refractivity contribution in [3.05, 3.63) is 10.4 Å². The molecule has 5 nitrogen and oxygen atoms in total. The molecule has 0 saturated heterocycles. The number of anilines is 2. The minimum atomic E-state index is -0.458. The Kier molecular flexibility index (Phi) is 5.83. The van der Waals surface area contributed by atoms with Gasteiger partial charge in [-0.2, -0.15) is 5.26 Å². The lowest BCUT2D eigenvalue weighted by Gasteiger charge is -2.24. The van der Waals surface area contributed by atoms with E-state index in [9.17, 15) is 4.79 Å². The monoisotopic (exact) mass is 295 g/mol. The smallest absolute Gasteiger partial charge is 0.343 e. The first kappa shape index (κ1) is 16.3. The van der Waals surface area contributed by atoms with Crippen LogP contribution in [0.3, 0.4) is 0 Å². The molecule has 0 aliphatic carbocycles. The molecule has 2 N–H and O–H groups in total. The van der Waals surface area contributed by atoms with Crippen molar-refractivity contribution < 1.29 is 9.53 Å². The Hall–Kier alpha value is -1.74. The molecular weight excluding hydrogens is 274 g/mol. The maximum absolute atomic E-state index is 12.1. The fourth-order valence-electron chi connectivity index (χ4n) is 1.93. The predicted octanol–water partition coefficient (Wildman–Crippen LogP) is 2.86. The topological polar surface area (TPSA) is 79.3 Å². The highest BCUT2D eigenvalue weighted by Crippen LogP contribution is 2.38. The number of esters is 1. The number of hydrogen-bond donors (Lipinski definition) is 1. The van der Waals surface area contributed by atoms with Crippen LogP contribution in [0.5, 0.6) is 0 Å². The normalized spacial score (nSPS) is 10.4. The van der Waals surface area contributed by atoms with E-state index >= 15 is 0 Å². The Morgan fingerprint density at radius 3 is 2.60 bits per heavy atom. The molecule has 1 aromatic heterocycles. The molecule has 0 aliphatic rings. The molecular formula is C14H21N3O2S. The second-order valence-corrected chi connectivity index (χ2v) is 5.79. The Morgan fingerprint density at radius 1 is 1.50 bits per heavy atom. The molecule has 0 atom stereocenters. The molecule has 1 aromatic rings. The van der Waals surface area contributed by atoms with Crippen LogP contribution in [0, 0.1) is 17.2 Å². The third-order valence-corrected chi connectivity index (χ3v) is 3.93. The fraction of sp³-hybridized carbons (Fsp3) is 0.571. The number of nitrogens with zero attached hydrogens (tertiary/aromatic N) is 2. The summed E-state index contributed by atoms with van der Waals surface area (Å²) >= 11 is 1.25. The molecule has 20 heavy (non-hydrogen) atoms. The SMILES string of the molecule is CCOC(=O)c1c(N(CC)CC(C)C)sc(C#N)c1N. The fourth-order valence-corrected chi connectivity index (χ4v) is 3.01. The molecule has 0 spiro atoms. The van der Waals surface area contributed by atoms with Crippen LogP contribution in [0.2, 0.25) is 0 Å². The first-order valence-corrected chi connectivity index (χ1v) is 7.52. The summed E-state index contributed by atoms with van der Waals surface area (Å²) in [6, 6.07) is 2.04. The molecule has 0 aliphatic heterocycles. The highest BCUT2D eigenvalue weighted by Gasteiger charge is 2.26. The zero-order valence-corrected chi connectivity index (χ0v) is 13.2. The molecule has 0 amide bonds. The largest absolute Gasteiger partial charge is 0.462 e. The van der Waals surface area contributed by atoms with Gasteiger partial charge < -0.3 is 15.4 Å². The van der Waals surface area contributed by atoms with E-state index < -0.39 is 5.97 Å². The number of hydrogen-bond acceptors (Lipinski definition) is 6. The summed E-state index contributed by atoms with van der Waals surface area (Å²) in [5.74, 6) is -0.0150. The van der Waals surface area contributed by atoms with Gasteiger partial charge in [0.15, 0.2) is 0 Å². The van der Waals surface area contributed by atoms with Gasteiger partial charge in [0.25, 0.3) is 0 Å². The molecule has 0 unspecified atom stereocenters. The minimum Gasteiger partial charge on any atom is -0.462 e. The van der Waals surface area contributed by atoms with Crippen molar-refractivity contribution in [1.82, 2.24) is 0 Å². The maximum Gasteiger partial charge on any atom is 0.343 e. The van der Waals surface area contributed by atoms with Gasteiger partial charge in [-0.1, -0.05) is 13.8 Å². The van der Waals surface area contributed by atoms with E-state index in [4.69, 9.17) is 15.7 Å². The minimum absolute atomic E-state index is 0.230. The van der Waals surface area contributed by atoms with Gasteiger partial charge in [-0.15, -0.1) is 11.3 Å². The molecule has 0 radical (unpaired) electrons. The highest BCUT2D eigenvalue weighted by atomic mass is 32.1. The summed E-state index contributed by atoms with van der Waals surface area (Å²) < 4.78 is 5.06. The van der Waals surface area contributed by atoms with Gasteiger partial charge in [0, 0.05) is 13.1 Å². The number of carbonyl (C=O) groups is 1. The summed E-state index contributed by atoms with van der Waals surface area (Å²) in [6.45, 7) is 9.80. The van der Waals surface area contributed by atoms with E-state index in [0.717, 1.165) is 18.1 Å². The standard InChI is InChI=1S/C14H21N3O2S/c1-5-17(8-9(3)4)13-11(14(18)19-6-2)12(16)10(7-15)20-13/h9H,5-6,8,16H2,1-4H3. The van der Waals surface area contributed by atoms with E-state index in [1.165, 1.54) is 11.3 Å². The molecule has 0 bridgehead atoms. The van der Waals surface area contributed by atoms with Crippen molar-refractivity contribution in [1.29, 1.82) is 5.26 Å². The van der Waals surface area contributed by atoms with Gasteiger partial charge >= 0.3 is 5.97 Å². The molecule has 0 fully saturated rings. The summed E-state index contributed by atoms with van der Waals surface area (Å²) in [7, 11) is 0. The Bertz CT molecular complexity index is 517.